The van der Waals surface area contributed by atoms with E-state index >= 15 is 0 Å². The van der Waals surface area contributed by atoms with Crippen LogP contribution in [0.2, 0.25) is 0 Å². The molecule has 0 aliphatic carbocycles. The zero-order chi connectivity index (χ0) is 29.5. The average Bonchev–Trinajstić information content (AvgIpc) is 2.93. The quantitative estimate of drug-likeness (QED) is 0.350. The van der Waals surface area contributed by atoms with Crippen LogP contribution in [0.1, 0.15) is 36.7 Å². The first-order valence-corrected chi connectivity index (χ1v) is 13.2. The van der Waals surface area contributed by atoms with Gasteiger partial charge in [-0.1, -0.05) is 32.9 Å². The van der Waals surface area contributed by atoms with Gasteiger partial charge < -0.3 is 30.7 Å². The van der Waals surface area contributed by atoms with Gasteiger partial charge in [0.05, 0.1) is 12.2 Å². The highest BCUT2D eigenvalue weighted by molar-refractivity contribution is 5.94. The fraction of sp³-hybridized carbons (Fsp3) is 0.429. The zero-order valence-corrected chi connectivity index (χ0v) is 23.1. The van der Waals surface area contributed by atoms with Crippen molar-refractivity contribution in [1.29, 1.82) is 0 Å². The molecule has 1 unspecified atom stereocenters. The van der Waals surface area contributed by atoms with E-state index in [1.165, 1.54) is 12.3 Å². The molecule has 0 saturated heterocycles. The van der Waals surface area contributed by atoms with Crippen LogP contribution in [-0.2, 0) is 6.54 Å². The molecular formula is C28H34F3N7O3. The van der Waals surface area contributed by atoms with Gasteiger partial charge in [0.25, 0.3) is 5.91 Å². The van der Waals surface area contributed by atoms with Crippen LogP contribution >= 0.6 is 0 Å². The van der Waals surface area contributed by atoms with Crippen molar-refractivity contribution in [2.75, 3.05) is 43.5 Å². The minimum Gasteiger partial charge on any atom is -0.493 e. The number of carbonyl (C=O) groups excluding carboxylic acids is 1. The fourth-order valence-electron chi connectivity index (χ4n) is 3.86. The Hall–Kier alpha value is -4.13. The minimum atomic E-state index is -4.55. The molecule has 0 fully saturated rings. The summed E-state index contributed by atoms with van der Waals surface area (Å²) in [5.74, 6) is 1.45. The molecule has 1 aromatic carbocycles. The molecular weight excluding hydrogens is 539 g/mol. The van der Waals surface area contributed by atoms with Crippen molar-refractivity contribution in [3.05, 3.63) is 59.8 Å². The number of nitrogens with one attached hydrogen (secondary N) is 4. The van der Waals surface area contributed by atoms with E-state index in [0.717, 1.165) is 17.9 Å². The number of hydrogen-bond acceptors (Lipinski definition) is 9. The lowest BCUT2D eigenvalue weighted by Crippen LogP contribution is -2.41. The molecule has 4 aliphatic rings. The highest BCUT2D eigenvalue weighted by Gasteiger charge is 2.29. The van der Waals surface area contributed by atoms with Crippen molar-refractivity contribution in [1.82, 2.24) is 25.6 Å². The molecule has 4 aliphatic heterocycles. The van der Waals surface area contributed by atoms with E-state index in [2.05, 4.69) is 57.0 Å². The van der Waals surface area contributed by atoms with Gasteiger partial charge in [0.2, 0.25) is 0 Å². The van der Waals surface area contributed by atoms with Crippen molar-refractivity contribution in [3.63, 3.8) is 0 Å². The summed E-state index contributed by atoms with van der Waals surface area (Å²) in [4.78, 5) is 25.1. The summed E-state index contributed by atoms with van der Waals surface area (Å²) >= 11 is 0. The molecule has 13 heteroatoms. The topological polar surface area (TPSA) is 122 Å². The van der Waals surface area contributed by atoms with Gasteiger partial charge >= 0.3 is 12.2 Å². The standard InChI is InChI=1S/C28H34F3N7O3/c1-18-11-32-15-27(2,3)16-35-25(39)20-6-9-22(34-13-20)36-24-10-23(37-26(38-24)41-17-28(29,30)31)33-12-19-4-7-21(8-5-19)40-14-18/h4-10,13,18,32H,11-12,14-17H2,1-3H3,(H,35,39)(H2,33,34,36,37,38). The highest BCUT2D eigenvalue weighted by atomic mass is 19.4. The number of rotatable bonds is 2. The van der Waals surface area contributed by atoms with Crippen LogP contribution in [0.25, 0.3) is 0 Å². The zero-order valence-electron chi connectivity index (χ0n) is 23.1. The molecule has 1 amide bonds. The number of amides is 1. The summed E-state index contributed by atoms with van der Waals surface area (Å²) in [6.07, 6.45) is -3.14. The number of anilines is 3. The van der Waals surface area contributed by atoms with Crippen LogP contribution in [0.4, 0.5) is 30.6 Å². The molecule has 4 N–H and O–H groups in total. The Morgan fingerprint density at radius 3 is 2.49 bits per heavy atom. The lowest BCUT2D eigenvalue weighted by Gasteiger charge is -2.26. The lowest BCUT2D eigenvalue weighted by molar-refractivity contribution is -0.154. The largest absolute Gasteiger partial charge is 0.493 e. The molecule has 220 valence electrons. The van der Waals surface area contributed by atoms with E-state index in [-0.39, 0.29) is 28.9 Å². The molecule has 0 saturated carbocycles. The predicted octanol–water partition coefficient (Wildman–Crippen LogP) is 4.54. The maximum Gasteiger partial charge on any atom is 0.422 e. The van der Waals surface area contributed by atoms with Gasteiger partial charge in [-0.25, -0.2) is 4.98 Å². The van der Waals surface area contributed by atoms with Gasteiger partial charge in [-0.15, -0.1) is 0 Å². The van der Waals surface area contributed by atoms with E-state index < -0.39 is 18.8 Å². The third-order valence-electron chi connectivity index (χ3n) is 6.11. The van der Waals surface area contributed by atoms with Gasteiger partial charge in [0.15, 0.2) is 6.61 Å². The summed E-state index contributed by atoms with van der Waals surface area (Å²) in [5.41, 5.74) is 1.08. The number of benzene rings is 1. The van der Waals surface area contributed by atoms with Crippen molar-refractivity contribution >= 4 is 23.4 Å². The number of carbonyl (C=O) groups is 1. The van der Waals surface area contributed by atoms with E-state index in [4.69, 9.17) is 9.47 Å². The van der Waals surface area contributed by atoms with Crippen molar-refractivity contribution in [2.45, 2.75) is 33.5 Å². The third kappa shape index (κ3) is 9.78. The number of halogens is 3. The Labute approximate surface area is 236 Å². The second-order valence-corrected chi connectivity index (χ2v) is 10.8. The Morgan fingerprint density at radius 1 is 1.02 bits per heavy atom. The van der Waals surface area contributed by atoms with Crippen molar-refractivity contribution < 1.29 is 27.4 Å². The minimum absolute atomic E-state index is 0.158. The van der Waals surface area contributed by atoms with Gasteiger partial charge in [0, 0.05) is 44.4 Å². The lowest BCUT2D eigenvalue weighted by atomic mass is 9.93. The van der Waals surface area contributed by atoms with Crippen LogP contribution in [0.5, 0.6) is 11.8 Å². The van der Waals surface area contributed by atoms with E-state index in [9.17, 15) is 18.0 Å². The average molecular weight is 574 g/mol. The molecule has 0 radical (unpaired) electrons. The summed E-state index contributed by atoms with van der Waals surface area (Å²) < 4.78 is 49.0. The van der Waals surface area contributed by atoms with Crippen LogP contribution in [-0.4, -0.2) is 59.9 Å². The fourth-order valence-corrected chi connectivity index (χ4v) is 3.86. The molecule has 6 heterocycles. The highest BCUT2D eigenvalue weighted by Crippen LogP contribution is 2.23. The molecule has 0 spiro atoms. The Bertz CT molecular complexity index is 1300. The first-order chi connectivity index (χ1) is 19.4. The number of aromatic nitrogens is 3. The van der Waals surface area contributed by atoms with Crippen LogP contribution in [0, 0.1) is 11.3 Å². The SMILES string of the molecule is CC1CNCC(C)(C)CNC(=O)c2ccc(nc2)Nc2cc(nc(OCC(F)(F)F)n2)NCc2ccc(cc2)OC1. The summed E-state index contributed by atoms with van der Waals surface area (Å²) in [7, 11) is 0. The summed E-state index contributed by atoms with van der Waals surface area (Å²) in [6.45, 7) is 7.47. The monoisotopic (exact) mass is 573 g/mol. The van der Waals surface area contributed by atoms with E-state index in [1.54, 1.807) is 12.1 Å². The second-order valence-electron chi connectivity index (χ2n) is 10.8. The maximum absolute atomic E-state index is 12.8. The van der Waals surface area contributed by atoms with Gasteiger partial charge in [-0.05, 0) is 35.2 Å². The number of ether oxygens (including phenoxy) is 2. The first-order valence-electron chi connectivity index (χ1n) is 13.2. The summed E-state index contributed by atoms with van der Waals surface area (Å²) in [5, 5.41) is 12.4. The molecule has 1 atom stereocenters. The van der Waals surface area contributed by atoms with Gasteiger partial charge in [-0.3, -0.25) is 4.79 Å². The van der Waals surface area contributed by atoms with Crippen LogP contribution < -0.4 is 30.7 Å². The molecule has 41 heavy (non-hydrogen) atoms. The Kier molecular flexibility index (Phi) is 9.48. The summed E-state index contributed by atoms with van der Waals surface area (Å²) in [6, 6.07) is 11.8. The van der Waals surface area contributed by atoms with Gasteiger partial charge in [-0.2, -0.15) is 23.1 Å². The maximum atomic E-state index is 12.8. The smallest absolute Gasteiger partial charge is 0.422 e. The van der Waals surface area contributed by atoms with Crippen LogP contribution in [0.3, 0.4) is 0 Å². The number of hydrogen-bond donors (Lipinski definition) is 4. The van der Waals surface area contributed by atoms with Crippen LogP contribution in [0.15, 0.2) is 48.7 Å². The third-order valence-corrected chi connectivity index (χ3v) is 6.11. The number of alkyl halides is 3. The normalized spacial score (nSPS) is 18.3. The first kappa shape index (κ1) is 29.8. The van der Waals surface area contributed by atoms with Gasteiger partial charge in [0.1, 0.15) is 23.2 Å². The second kappa shape index (κ2) is 13.0. The number of pyridine rings is 1. The molecule has 2 aromatic heterocycles. The molecule has 3 aromatic rings. The molecule has 10 nitrogen and oxygen atoms in total. The Morgan fingerprint density at radius 2 is 1.78 bits per heavy atom. The molecule has 7 rings (SSSR count). The Balaban J connectivity index is 1.57. The molecule has 6 bridgehead atoms. The predicted molar refractivity (Wildman–Crippen MR) is 149 cm³/mol. The van der Waals surface area contributed by atoms with Crippen molar-refractivity contribution in [2.24, 2.45) is 11.3 Å². The van der Waals surface area contributed by atoms with E-state index in [0.29, 0.717) is 37.6 Å². The van der Waals surface area contributed by atoms with E-state index in [1.807, 2.05) is 24.3 Å². The van der Waals surface area contributed by atoms with Crippen molar-refractivity contribution in [3.8, 4) is 11.8 Å². The number of nitrogens with zero attached hydrogens (tertiary/aromatic N) is 3.